The van der Waals surface area contributed by atoms with E-state index in [0.29, 0.717) is 6.61 Å². The summed E-state index contributed by atoms with van der Waals surface area (Å²) < 4.78 is 24.4. The molecule has 0 fully saturated rings. The normalized spacial score (nSPS) is 10.5. The standard InChI is InChI=1S/C17H18BrFO2/c1-11-6-14(9-18)7-12(2)17(11)21-10-13-4-5-16(20-3)15(19)8-13/h4-8H,9-10H2,1-3H3. The minimum absolute atomic E-state index is 0.243. The zero-order valence-corrected chi connectivity index (χ0v) is 14.0. The molecule has 0 bridgehead atoms. The predicted octanol–water partition coefficient (Wildman–Crippen LogP) is 4.93. The van der Waals surface area contributed by atoms with Gasteiger partial charge < -0.3 is 9.47 Å². The van der Waals surface area contributed by atoms with E-state index in [-0.39, 0.29) is 11.6 Å². The maximum Gasteiger partial charge on any atom is 0.165 e. The van der Waals surface area contributed by atoms with E-state index in [2.05, 4.69) is 28.1 Å². The second kappa shape index (κ2) is 6.94. The summed E-state index contributed by atoms with van der Waals surface area (Å²) in [6.07, 6.45) is 0. The highest BCUT2D eigenvalue weighted by atomic mass is 79.9. The highest BCUT2D eigenvalue weighted by Crippen LogP contribution is 2.27. The molecule has 4 heteroatoms. The molecule has 112 valence electrons. The topological polar surface area (TPSA) is 18.5 Å². The van der Waals surface area contributed by atoms with Gasteiger partial charge in [0.15, 0.2) is 11.6 Å². The van der Waals surface area contributed by atoms with Gasteiger partial charge in [0.2, 0.25) is 0 Å². The number of alkyl halides is 1. The van der Waals surface area contributed by atoms with Crippen molar-refractivity contribution in [2.24, 2.45) is 0 Å². The van der Waals surface area contributed by atoms with E-state index < -0.39 is 0 Å². The summed E-state index contributed by atoms with van der Waals surface area (Å²) >= 11 is 3.45. The third kappa shape index (κ3) is 3.76. The van der Waals surface area contributed by atoms with Gasteiger partial charge in [0.1, 0.15) is 12.4 Å². The fourth-order valence-electron chi connectivity index (χ4n) is 2.30. The van der Waals surface area contributed by atoms with E-state index in [1.54, 1.807) is 12.1 Å². The summed E-state index contributed by atoms with van der Waals surface area (Å²) in [6, 6.07) is 9.04. The van der Waals surface area contributed by atoms with Crippen LogP contribution in [0.1, 0.15) is 22.3 Å². The molecule has 2 aromatic rings. The lowest BCUT2D eigenvalue weighted by molar-refractivity contribution is 0.300. The maximum atomic E-state index is 13.6. The molecule has 2 nitrogen and oxygen atoms in total. The molecule has 2 aromatic carbocycles. The Balaban J connectivity index is 2.15. The molecule has 21 heavy (non-hydrogen) atoms. The van der Waals surface area contributed by atoms with Crippen LogP contribution in [0.3, 0.4) is 0 Å². The first-order valence-corrected chi connectivity index (χ1v) is 7.78. The second-order valence-electron chi connectivity index (χ2n) is 4.95. The summed E-state index contributed by atoms with van der Waals surface area (Å²) in [4.78, 5) is 0. The van der Waals surface area contributed by atoms with Crippen molar-refractivity contribution >= 4 is 15.9 Å². The molecular weight excluding hydrogens is 335 g/mol. The van der Waals surface area contributed by atoms with Crippen LogP contribution < -0.4 is 9.47 Å². The van der Waals surface area contributed by atoms with Gasteiger partial charge in [-0.25, -0.2) is 4.39 Å². The molecule has 0 heterocycles. The van der Waals surface area contributed by atoms with Gasteiger partial charge in [-0.1, -0.05) is 34.1 Å². The first-order chi connectivity index (χ1) is 10.0. The van der Waals surface area contributed by atoms with Gasteiger partial charge in [0.05, 0.1) is 7.11 Å². The lowest BCUT2D eigenvalue weighted by Gasteiger charge is -2.14. The van der Waals surface area contributed by atoms with Crippen molar-refractivity contribution in [1.29, 1.82) is 0 Å². The van der Waals surface area contributed by atoms with Gasteiger partial charge in [0.25, 0.3) is 0 Å². The summed E-state index contributed by atoms with van der Waals surface area (Å²) in [7, 11) is 1.45. The monoisotopic (exact) mass is 352 g/mol. The van der Waals surface area contributed by atoms with Gasteiger partial charge in [-0.05, 0) is 48.2 Å². The molecule has 2 rings (SSSR count). The summed E-state index contributed by atoms with van der Waals surface area (Å²) in [5.41, 5.74) is 4.15. The molecule has 0 aromatic heterocycles. The molecule has 0 radical (unpaired) electrons. The highest BCUT2D eigenvalue weighted by Gasteiger charge is 2.08. The van der Waals surface area contributed by atoms with Gasteiger partial charge in [-0.3, -0.25) is 0 Å². The Labute approximate surface area is 133 Å². The van der Waals surface area contributed by atoms with Crippen LogP contribution in [0.25, 0.3) is 0 Å². The van der Waals surface area contributed by atoms with Crippen molar-refractivity contribution in [2.45, 2.75) is 25.8 Å². The van der Waals surface area contributed by atoms with Crippen LogP contribution in [-0.4, -0.2) is 7.11 Å². The Morgan fingerprint density at radius 1 is 1.05 bits per heavy atom. The van der Waals surface area contributed by atoms with Crippen LogP contribution in [0.15, 0.2) is 30.3 Å². The number of ether oxygens (including phenoxy) is 2. The molecule has 0 aliphatic rings. The zero-order chi connectivity index (χ0) is 15.4. The van der Waals surface area contributed by atoms with Gasteiger partial charge >= 0.3 is 0 Å². The maximum absolute atomic E-state index is 13.6. The minimum Gasteiger partial charge on any atom is -0.494 e. The molecule has 0 spiro atoms. The second-order valence-corrected chi connectivity index (χ2v) is 5.51. The van der Waals surface area contributed by atoms with Gasteiger partial charge in [0, 0.05) is 5.33 Å². The van der Waals surface area contributed by atoms with Crippen LogP contribution in [0, 0.1) is 19.7 Å². The molecule has 0 unspecified atom stereocenters. The Morgan fingerprint density at radius 3 is 2.24 bits per heavy atom. The van der Waals surface area contributed by atoms with Crippen molar-refractivity contribution in [2.75, 3.05) is 7.11 Å². The van der Waals surface area contributed by atoms with Crippen LogP contribution in [0.4, 0.5) is 4.39 Å². The van der Waals surface area contributed by atoms with Crippen molar-refractivity contribution < 1.29 is 13.9 Å². The quantitative estimate of drug-likeness (QED) is 0.710. The average molecular weight is 353 g/mol. The minimum atomic E-state index is -0.373. The number of benzene rings is 2. The first kappa shape index (κ1) is 15.8. The fourth-order valence-corrected chi connectivity index (χ4v) is 2.62. The molecule has 0 saturated carbocycles. The third-order valence-corrected chi connectivity index (χ3v) is 3.92. The van der Waals surface area contributed by atoms with E-state index >= 15 is 0 Å². The van der Waals surface area contributed by atoms with E-state index in [4.69, 9.17) is 9.47 Å². The molecule has 0 amide bonds. The number of aryl methyl sites for hydroxylation is 2. The highest BCUT2D eigenvalue weighted by molar-refractivity contribution is 9.08. The van der Waals surface area contributed by atoms with E-state index in [1.807, 2.05) is 13.8 Å². The average Bonchev–Trinajstić information content (AvgIpc) is 2.46. The van der Waals surface area contributed by atoms with Gasteiger partial charge in [-0.2, -0.15) is 0 Å². The predicted molar refractivity (Wildman–Crippen MR) is 85.8 cm³/mol. The number of hydrogen-bond acceptors (Lipinski definition) is 2. The number of methoxy groups -OCH3 is 1. The largest absolute Gasteiger partial charge is 0.494 e. The van der Waals surface area contributed by atoms with Crippen molar-refractivity contribution in [3.05, 3.63) is 58.4 Å². The SMILES string of the molecule is COc1ccc(COc2c(C)cc(CBr)cc2C)cc1F. The van der Waals surface area contributed by atoms with Crippen LogP contribution in [0.2, 0.25) is 0 Å². The number of rotatable bonds is 5. The first-order valence-electron chi connectivity index (χ1n) is 6.66. The molecule has 0 atom stereocenters. The Hall–Kier alpha value is -1.55. The van der Waals surface area contributed by atoms with Crippen LogP contribution in [-0.2, 0) is 11.9 Å². The molecule has 0 N–H and O–H groups in total. The summed E-state index contributed by atoms with van der Waals surface area (Å²) in [5, 5.41) is 0.818. The smallest absolute Gasteiger partial charge is 0.165 e. The molecule has 0 saturated heterocycles. The van der Waals surface area contributed by atoms with Gasteiger partial charge in [-0.15, -0.1) is 0 Å². The lowest BCUT2D eigenvalue weighted by atomic mass is 10.1. The Kier molecular flexibility index (Phi) is 5.23. The summed E-state index contributed by atoms with van der Waals surface area (Å²) in [6.45, 7) is 4.36. The van der Waals surface area contributed by atoms with E-state index in [1.165, 1.54) is 18.7 Å². The fraction of sp³-hybridized carbons (Fsp3) is 0.294. The van der Waals surface area contributed by atoms with E-state index in [9.17, 15) is 4.39 Å². The Morgan fingerprint density at radius 2 is 1.71 bits per heavy atom. The Bertz CT molecular complexity index is 618. The van der Waals surface area contributed by atoms with Crippen molar-refractivity contribution in [1.82, 2.24) is 0 Å². The number of hydrogen-bond donors (Lipinski definition) is 0. The van der Waals surface area contributed by atoms with Crippen LogP contribution in [0.5, 0.6) is 11.5 Å². The molecule has 0 aliphatic carbocycles. The van der Waals surface area contributed by atoms with Crippen molar-refractivity contribution in [3.63, 3.8) is 0 Å². The lowest BCUT2D eigenvalue weighted by Crippen LogP contribution is -2.01. The molecular formula is C17H18BrFO2. The van der Waals surface area contributed by atoms with E-state index in [0.717, 1.165) is 27.8 Å². The number of halogens is 2. The summed E-state index contributed by atoms with van der Waals surface area (Å²) in [5.74, 6) is 0.727. The zero-order valence-electron chi connectivity index (χ0n) is 12.4. The third-order valence-electron chi connectivity index (χ3n) is 3.27. The van der Waals surface area contributed by atoms with Crippen LogP contribution >= 0.6 is 15.9 Å². The molecule has 0 aliphatic heterocycles. The van der Waals surface area contributed by atoms with Crippen molar-refractivity contribution in [3.8, 4) is 11.5 Å².